The standard InChI is InChI=1S/C17H24N2OS/c1-2-21-16-7-3-6-15(16)19-17(20)13-8-9-14-12(11-13)5-4-10-18-14/h8-9,11,15-16,18H,2-7,10H2,1H3,(H,19,20). The highest BCUT2D eigenvalue weighted by atomic mass is 32.2. The molecule has 21 heavy (non-hydrogen) atoms. The van der Waals surface area contributed by atoms with E-state index in [9.17, 15) is 4.79 Å². The molecule has 1 heterocycles. The van der Waals surface area contributed by atoms with Crippen molar-refractivity contribution in [1.29, 1.82) is 0 Å². The van der Waals surface area contributed by atoms with Gasteiger partial charge < -0.3 is 10.6 Å². The summed E-state index contributed by atoms with van der Waals surface area (Å²) >= 11 is 1.98. The molecule has 2 aliphatic rings. The van der Waals surface area contributed by atoms with Crippen LogP contribution in [0, 0.1) is 0 Å². The van der Waals surface area contributed by atoms with Gasteiger partial charge in [0.2, 0.25) is 0 Å². The van der Waals surface area contributed by atoms with E-state index in [0.717, 1.165) is 37.1 Å². The predicted octanol–water partition coefficient (Wildman–Crippen LogP) is 3.45. The molecule has 0 radical (unpaired) electrons. The average Bonchev–Trinajstić information content (AvgIpc) is 2.94. The van der Waals surface area contributed by atoms with Crippen molar-refractivity contribution < 1.29 is 4.79 Å². The third kappa shape index (κ3) is 3.37. The Labute approximate surface area is 131 Å². The molecule has 114 valence electrons. The Kier molecular flexibility index (Phi) is 4.73. The second-order valence-electron chi connectivity index (χ2n) is 5.91. The third-order valence-electron chi connectivity index (χ3n) is 4.46. The van der Waals surface area contributed by atoms with Gasteiger partial charge in [-0.15, -0.1) is 0 Å². The number of thioether (sulfide) groups is 1. The fourth-order valence-corrected chi connectivity index (χ4v) is 4.57. The lowest BCUT2D eigenvalue weighted by atomic mass is 10.0. The summed E-state index contributed by atoms with van der Waals surface area (Å²) < 4.78 is 0. The summed E-state index contributed by atoms with van der Waals surface area (Å²) in [6.07, 6.45) is 5.81. The summed E-state index contributed by atoms with van der Waals surface area (Å²) in [7, 11) is 0. The van der Waals surface area contributed by atoms with Crippen molar-refractivity contribution in [2.45, 2.75) is 50.3 Å². The zero-order chi connectivity index (χ0) is 14.7. The number of hydrogen-bond donors (Lipinski definition) is 2. The van der Waals surface area contributed by atoms with E-state index in [0.29, 0.717) is 11.3 Å². The minimum Gasteiger partial charge on any atom is -0.385 e. The molecule has 1 saturated carbocycles. The van der Waals surface area contributed by atoms with Crippen molar-refractivity contribution in [1.82, 2.24) is 5.32 Å². The molecular weight excluding hydrogens is 280 g/mol. The second-order valence-corrected chi connectivity index (χ2v) is 7.42. The number of carbonyl (C=O) groups is 1. The SMILES string of the molecule is CCSC1CCCC1NC(=O)c1ccc2c(c1)CCCN2. The van der Waals surface area contributed by atoms with Crippen molar-refractivity contribution in [2.75, 3.05) is 17.6 Å². The highest BCUT2D eigenvalue weighted by molar-refractivity contribution is 7.99. The monoisotopic (exact) mass is 304 g/mol. The summed E-state index contributed by atoms with van der Waals surface area (Å²) in [5, 5.41) is 7.24. The van der Waals surface area contributed by atoms with Crippen LogP contribution in [0.25, 0.3) is 0 Å². The first-order valence-electron chi connectivity index (χ1n) is 8.07. The van der Waals surface area contributed by atoms with E-state index in [2.05, 4.69) is 29.7 Å². The first-order chi connectivity index (χ1) is 10.3. The Hall–Kier alpha value is -1.16. The molecule has 3 nitrogen and oxygen atoms in total. The average molecular weight is 304 g/mol. The molecule has 0 aromatic heterocycles. The van der Waals surface area contributed by atoms with Gasteiger partial charge in [0, 0.05) is 29.1 Å². The number of fused-ring (bicyclic) bond motifs is 1. The van der Waals surface area contributed by atoms with Crippen LogP contribution in [0.2, 0.25) is 0 Å². The Morgan fingerprint density at radius 2 is 2.29 bits per heavy atom. The third-order valence-corrected chi connectivity index (χ3v) is 5.78. The Morgan fingerprint density at radius 1 is 1.38 bits per heavy atom. The lowest BCUT2D eigenvalue weighted by Gasteiger charge is -2.21. The van der Waals surface area contributed by atoms with Gasteiger partial charge in [-0.2, -0.15) is 11.8 Å². The summed E-state index contributed by atoms with van der Waals surface area (Å²) in [4.78, 5) is 12.5. The van der Waals surface area contributed by atoms with Gasteiger partial charge in [-0.05, 0) is 55.2 Å². The molecule has 0 bridgehead atoms. The van der Waals surface area contributed by atoms with Crippen LogP contribution < -0.4 is 10.6 Å². The normalized spacial score (nSPS) is 24.2. The van der Waals surface area contributed by atoms with Crippen molar-refractivity contribution in [2.24, 2.45) is 0 Å². The van der Waals surface area contributed by atoms with Crippen molar-refractivity contribution in [3.05, 3.63) is 29.3 Å². The van der Waals surface area contributed by atoms with Gasteiger partial charge in [-0.25, -0.2) is 0 Å². The second kappa shape index (κ2) is 6.73. The molecule has 3 rings (SSSR count). The fourth-order valence-electron chi connectivity index (χ4n) is 3.37. The molecule has 1 aromatic carbocycles. The number of hydrogen-bond acceptors (Lipinski definition) is 3. The maximum absolute atomic E-state index is 12.5. The number of anilines is 1. The number of carbonyl (C=O) groups excluding carboxylic acids is 1. The van der Waals surface area contributed by atoms with Crippen LogP contribution in [0.5, 0.6) is 0 Å². The number of nitrogens with one attached hydrogen (secondary N) is 2. The van der Waals surface area contributed by atoms with E-state index in [1.54, 1.807) is 0 Å². The number of benzene rings is 1. The van der Waals surface area contributed by atoms with Gasteiger partial charge in [-0.3, -0.25) is 4.79 Å². The molecule has 0 saturated heterocycles. The molecule has 1 aliphatic carbocycles. The van der Waals surface area contributed by atoms with Crippen LogP contribution >= 0.6 is 11.8 Å². The van der Waals surface area contributed by atoms with Gasteiger partial charge in [0.25, 0.3) is 5.91 Å². The lowest BCUT2D eigenvalue weighted by molar-refractivity contribution is 0.0938. The molecule has 0 spiro atoms. The summed E-state index contributed by atoms with van der Waals surface area (Å²) in [6, 6.07) is 6.41. The molecule has 1 amide bonds. The highest BCUT2D eigenvalue weighted by Crippen LogP contribution is 2.30. The van der Waals surface area contributed by atoms with E-state index in [-0.39, 0.29) is 5.91 Å². The summed E-state index contributed by atoms with van der Waals surface area (Å²) in [5.74, 6) is 1.22. The molecule has 1 aliphatic heterocycles. The van der Waals surface area contributed by atoms with Crippen LogP contribution in [0.4, 0.5) is 5.69 Å². The van der Waals surface area contributed by atoms with Gasteiger partial charge in [-0.1, -0.05) is 13.3 Å². The van der Waals surface area contributed by atoms with E-state index < -0.39 is 0 Å². The van der Waals surface area contributed by atoms with Crippen molar-refractivity contribution in [3.63, 3.8) is 0 Å². The van der Waals surface area contributed by atoms with Crippen molar-refractivity contribution >= 4 is 23.4 Å². The maximum Gasteiger partial charge on any atom is 0.251 e. The zero-order valence-corrected chi connectivity index (χ0v) is 13.5. The van der Waals surface area contributed by atoms with Crippen LogP contribution in [0.3, 0.4) is 0 Å². The van der Waals surface area contributed by atoms with Crippen LogP contribution in [-0.2, 0) is 6.42 Å². The predicted molar refractivity (Wildman–Crippen MR) is 90.3 cm³/mol. The Morgan fingerprint density at radius 3 is 3.14 bits per heavy atom. The zero-order valence-electron chi connectivity index (χ0n) is 12.7. The minimum atomic E-state index is 0.0944. The summed E-state index contributed by atoms with van der Waals surface area (Å²) in [6.45, 7) is 3.23. The smallest absolute Gasteiger partial charge is 0.251 e. The Balaban J connectivity index is 1.67. The number of aryl methyl sites for hydroxylation is 1. The summed E-state index contributed by atoms with van der Waals surface area (Å²) in [5.41, 5.74) is 3.28. The van der Waals surface area contributed by atoms with E-state index in [1.165, 1.54) is 24.1 Å². The van der Waals surface area contributed by atoms with Gasteiger partial charge in [0.15, 0.2) is 0 Å². The Bertz CT molecular complexity index is 518. The largest absolute Gasteiger partial charge is 0.385 e. The molecule has 4 heteroatoms. The molecule has 2 N–H and O–H groups in total. The number of rotatable bonds is 4. The molecule has 2 atom stereocenters. The lowest BCUT2D eigenvalue weighted by Crippen LogP contribution is -2.38. The molecule has 1 aromatic rings. The van der Waals surface area contributed by atoms with E-state index in [4.69, 9.17) is 0 Å². The van der Waals surface area contributed by atoms with Crippen molar-refractivity contribution in [3.8, 4) is 0 Å². The molecule has 1 fully saturated rings. The fraction of sp³-hybridized carbons (Fsp3) is 0.588. The maximum atomic E-state index is 12.5. The highest BCUT2D eigenvalue weighted by Gasteiger charge is 2.28. The van der Waals surface area contributed by atoms with E-state index >= 15 is 0 Å². The van der Waals surface area contributed by atoms with Crippen LogP contribution in [-0.4, -0.2) is 29.5 Å². The molecule has 2 unspecified atom stereocenters. The van der Waals surface area contributed by atoms with Crippen LogP contribution in [0.1, 0.15) is 48.5 Å². The van der Waals surface area contributed by atoms with Gasteiger partial charge in [0.1, 0.15) is 0 Å². The van der Waals surface area contributed by atoms with Gasteiger partial charge in [0.05, 0.1) is 0 Å². The van der Waals surface area contributed by atoms with Crippen LogP contribution in [0.15, 0.2) is 18.2 Å². The van der Waals surface area contributed by atoms with Gasteiger partial charge >= 0.3 is 0 Å². The first-order valence-corrected chi connectivity index (χ1v) is 9.12. The van der Waals surface area contributed by atoms with E-state index in [1.807, 2.05) is 17.8 Å². The minimum absolute atomic E-state index is 0.0944. The number of amides is 1. The topological polar surface area (TPSA) is 41.1 Å². The molecular formula is C17H24N2OS. The first kappa shape index (κ1) is 14.8. The quantitative estimate of drug-likeness (QED) is 0.895.